The van der Waals surface area contributed by atoms with Gasteiger partial charge in [-0.1, -0.05) is 0 Å². The molecule has 1 aliphatic carbocycles. The molecule has 0 aromatic carbocycles. The van der Waals surface area contributed by atoms with Crippen LogP contribution in [0.1, 0.15) is 25.7 Å². The first-order valence-electron chi connectivity index (χ1n) is 5.36. The third-order valence-corrected chi connectivity index (χ3v) is 2.24. The fourth-order valence-electron chi connectivity index (χ4n) is 1.17. The molecule has 0 radical (unpaired) electrons. The van der Waals surface area contributed by atoms with E-state index in [-0.39, 0.29) is 5.91 Å². The number of carbonyl (C=O) groups excluding carboxylic acids is 1. The molecule has 1 fully saturated rings. The second-order valence-electron chi connectivity index (χ2n) is 3.84. The SMILES string of the molecule is NC(=O)CCNCCCOCC1CC1. The number of ether oxygens (including phenoxy) is 1. The third-order valence-electron chi connectivity index (χ3n) is 2.24. The van der Waals surface area contributed by atoms with E-state index in [9.17, 15) is 4.79 Å². The molecular weight excluding hydrogens is 180 g/mol. The summed E-state index contributed by atoms with van der Waals surface area (Å²) >= 11 is 0. The van der Waals surface area contributed by atoms with Gasteiger partial charge in [0, 0.05) is 26.2 Å². The maximum atomic E-state index is 10.4. The lowest BCUT2D eigenvalue weighted by atomic mass is 10.4. The van der Waals surface area contributed by atoms with Gasteiger partial charge in [0.15, 0.2) is 0 Å². The zero-order valence-electron chi connectivity index (χ0n) is 8.63. The van der Waals surface area contributed by atoms with Gasteiger partial charge in [0.05, 0.1) is 0 Å². The van der Waals surface area contributed by atoms with Crippen molar-refractivity contribution in [1.82, 2.24) is 5.32 Å². The van der Waals surface area contributed by atoms with Crippen molar-refractivity contribution >= 4 is 5.91 Å². The lowest BCUT2D eigenvalue weighted by Gasteiger charge is -2.04. The molecule has 1 amide bonds. The van der Waals surface area contributed by atoms with Crippen molar-refractivity contribution in [3.05, 3.63) is 0 Å². The number of primary amides is 1. The normalized spacial score (nSPS) is 15.7. The Morgan fingerprint density at radius 1 is 1.43 bits per heavy atom. The van der Waals surface area contributed by atoms with E-state index in [1.165, 1.54) is 12.8 Å². The standard InChI is InChI=1S/C10H20N2O2/c11-10(13)4-6-12-5-1-7-14-8-9-2-3-9/h9,12H,1-8H2,(H2,11,13). The number of hydrogen-bond donors (Lipinski definition) is 2. The molecule has 0 spiro atoms. The van der Waals surface area contributed by atoms with E-state index in [2.05, 4.69) is 5.32 Å². The van der Waals surface area contributed by atoms with E-state index in [0.717, 1.165) is 32.1 Å². The van der Waals surface area contributed by atoms with Gasteiger partial charge in [0.2, 0.25) is 5.91 Å². The maximum absolute atomic E-state index is 10.4. The molecule has 0 aromatic rings. The van der Waals surface area contributed by atoms with Gasteiger partial charge in [-0.2, -0.15) is 0 Å². The van der Waals surface area contributed by atoms with E-state index >= 15 is 0 Å². The van der Waals surface area contributed by atoms with E-state index in [0.29, 0.717) is 13.0 Å². The summed E-state index contributed by atoms with van der Waals surface area (Å²) in [7, 11) is 0. The number of rotatable bonds is 9. The highest BCUT2D eigenvalue weighted by Crippen LogP contribution is 2.28. The Bertz CT molecular complexity index is 170. The van der Waals surface area contributed by atoms with Crippen molar-refractivity contribution in [2.75, 3.05) is 26.3 Å². The molecular formula is C10H20N2O2. The Morgan fingerprint density at radius 3 is 2.86 bits per heavy atom. The molecule has 3 N–H and O–H groups in total. The summed E-state index contributed by atoms with van der Waals surface area (Å²) in [6.45, 7) is 3.33. The zero-order chi connectivity index (χ0) is 10.2. The summed E-state index contributed by atoms with van der Waals surface area (Å²) in [5, 5.41) is 3.14. The van der Waals surface area contributed by atoms with Crippen LogP contribution < -0.4 is 11.1 Å². The molecule has 82 valence electrons. The molecule has 0 unspecified atom stereocenters. The predicted octanol–water partition coefficient (Wildman–Crippen LogP) is 0.268. The molecule has 0 aliphatic heterocycles. The Hall–Kier alpha value is -0.610. The van der Waals surface area contributed by atoms with Crippen molar-refractivity contribution in [2.24, 2.45) is 11.7 Å². The number of hydrogen-bond acceptors (Lipinski definition) is 3. The number of carbonyl (C=O) groups is 1. The van der Waals surface area contributed by atoms with Gasteiger partial charge in [-0.25, -0.2) is 0 Å². The van der Waals surface area contributed by atoms with Gasteiger partial charge in [-0.05, 0) is 31.7 Å². The van der Waals surface area contributed by atoms with Gasteiger partial charge < -0.3 is 15.8 Å². The molecule has 1 saturated carbocycles. The van der Waals surface area contributed by atoms with E-state index < -0.39 is 0 Å². The minimum atomic E-state index is -0.248. The number of nitrogens with two attached hydrogens (primary N) is 1. The van der Waals surface area contributed by atoms with Crippen LogP contribution in [0.15, 0.2) is 0 Å². The molecule has 0 heterocycles. The van der Waals surface area contributed by atoms with Crippen molar-refractivity contribution in [3.8, 4) is 0 Å². The largest absolute Gasteiger partial charge is 0.381 e. The van der Waals surface area contributed by atoms with Crippen LogP contribution in [0.3, 0.4) is 0 Å². The maximum Gasteiger partial charge on any atom is 0.218 e. The fourth-order valence-corrected chi connectivity index (χ4v) is 1.17. The Balaban J connectivity index is 1.68. The smallest absolute Gasteiger partial charge is 0.218 e. The highest BCUT2D eigenvalue weighted by atomic mass is 16.5. The highest BCUT2D eigenvalue weighted by Gasteiger charge is 2.20. The summed E-state index contributed by atoms with van der Waals surface area (Å²) in [4.78, 5) is 10.4. The molecule has 0 saturated heterocycles. The summed E-state index contributed by atoms with van der Waals surface area (Å²) in [6, 6.07) is 0. The molecule has 14 heavy (non-hydrogen) atoms. The van der Waals surface area contributed by atoms with Gasteiger partial charge in [-0.3, -0.25) is 4.79 Å². The van der Waals surface area contributed by atoms with E-state index in [4.69, 9.17) is 10.5 Å². The van der Waals surface area contributed by atoms with Crippen LogP contribution in [-0.4, -0.2) is 32.2 Å². The van der Waals surface area contributed by atoms with E-state index in [1.54, 1.807) is 0 Å². The van der Waals surface area contributed by atoms with Crippen LogP contribution in [0.25, 0.3) is 0 Å². The summed E-state index contributed by atoms with van der Waals surface area (Å²) in [6.07, 6.45) is 4.11. The topological polar surface area (TPSA) is 64.4 Å². The molecule has 0 aromatic heterocycles. The minimum absolute atomic E-state index is 0.248. The van der Waals surface area contributed by atoms with Crippen LogP contribution in [0.2, 0.25) is 0 Å². The fraction of sp³-hybridized carbons (Fsp3) is 0.900. The van der Waals surface area contributed by atoms with Gasteiger partial charge in [0.1, 0.15) is 0 Å². The molecule has 0 bridgehead atoms. The molecule has 0 atom stereocenters. The first-order chi connectivity index (χ1) is 6.79. The molecule has 1 aliphatic rings. The predicted molar refractivity (Wildman–Crippen MR) is 54.8 cm³/mol. The molecule has 4 heteroatoms. The van der Waals surface area contributed by atoms with Crippen LogP contribution in [0, 0.1) is 5.92 Å². The van der Waals surface area contributed by atoms with Crippen LogP contribution in [-0.2, 0) is 9.53 Å². The number of amides is 1. The van der Waals surface area contributed by atoms with Gasteiger partial charge in [-0.15, -0.1) is 0 Å². The molecule has 4 nitrogen and oxygen atoms in total. The Kier molecular flexibility index (Phi) is 5.56. The van der Waals surface area contributed by atoms with Crippen LogP contribution in [0.5, 0.6) is 0 Å². The average molecular weight is 200 g/mol. The average Bonchev–Trinajstić information content (AvgIpc) is 2.92. The van der Waals surface area contributed by atoms with Gasteiger partial charge in [0.25, 0.3) is 0 Å². The highest BCUT2D eigenvalue weighted by molar-refractivity contribution is 5.73. The summed E-state index contributed by atoms with van der Waals surface area (Å²) in [5.41, 5.74) is 4.99. The Morgan fingerprint density at radius 2 is 2.21 bits per heavy atom. The van der Waals surface area contributed by atoms with Gasteiger partial charge >= 0.3 is 0 Å². The van der Waals surface area contributed by atoms with Crippen molar-refractivity contribution in [3.63, 3.8) is 0 Å². The number of nitrogens with one attached hydrogen (secondary N) is 1. The monoisotopic (exact) mass is 200 g/mol. The lowest BCUT2D eigenvalue weighted by molar-refractivity contribution is -0.117. The first-order valence-corrected chi connectivity index (χ1v) is 5.36. The van der Waals surface area contributed by atoms with Crippen molar-refractivity contribution in [2.45, 2.75) is 25.7 Å². The van der Waals surface area contributed by atoms with Crippen molar-refractivity contribution in [1.29, 1.82) is 0 Å². The Labute approximate surface area is 85.2 Å². The minimum Gasteiger partial charge on any atom is -0.381 e. The van der Waals surface area contributed by atoms with Crippen LogP contribution >= 0.6 is 0 Å². The summed E-state index contributed by atoms with van der Waals surface area (Å²) < 4.78 is 5.45. The van der Waals surface area contributed by atoms with E-state index in [1.807, 2.05) is 0 Å². The third kappa shape index (κ3) is 6.86. The van der Waals surface area contributed by atoms with Crippen molar-refractivity contribution < 1.29 is 9.53 Å². The first kappa shape index (κ1) is 11.5. The summed E-state index contributed by atoms with van der Waals surface area (Å²) in [5.74, 6) is 0.598. The lowest BCUT2D eigenvalue weighted by Crippen LogP contribution is -2.23. The second-order valence-corrected chi connectivity index (χ2v) is 3.84. The molecule has 1 rings (SSSR count). The van der Waals surface area contributed by atoms with Crippen LogP contribution in [0.4, 0.5) is 0 Å². The quantitative estimate of drug-likeness (QED) is 0.525. The zero-order valence-corrected chi connectivity index (χ0v) is 8.63. The second kappa shape index (κ2) is 6.79.